The lowest BCUT2D eigenvalue weighted by Crippen LogP contribution is -2.48. The summed E-state index contributed by atoms with van der Waals surface area (Å²) in [5, 5.41) is 8.71. The minimum atomic E-state index is -0.0497. The molecule has 1 aliphatic rings. The van der Waals surface area contributed by atoms with Gasteiger partial charge in [0.25, 0.3) is 5.91 Å². The Balaban J connectivity index is 1.33. The van der Waals surface area contributed by atoms with E-state index in [9.17, 15) is 4.79 Å². The van der Waals surface area contributed by atoms with Crippen LogP contribution in [-0.2, 0) is 20.1 Å². The Kier molecular flexibility index (Phi) is 5.60. The maximum absolute atomic E-state index is 12.8. The summed E-state index contributed by atoms with van der Waals surface area (Å²) in [6.45, 7) is 8.60. The fourth-order valence-corrected chi connectivity index (χ4v) is 4.03. The SMILES string of the molecule is Cc1nn(C)c(C)c1CN1CCN(C(=O)c2ccc(Cn3cc(Br)cn3)o2)CC1. The summed E-state index contributed by atoms with van der Waals surface area (Å²) < 4.78 is 10.4. The zero-order valence-electron chi connectivity index (χ0n) is 16.9. The first-order valence-electron chi connectivity index (χ1n) is 9.68. The number of piperazine rings is 1. The van der Waals surface area contributed by atoms with Crippen LogP contribution in [-0.4, -0.2) is 61.4 Å². The lowest BCUT2D eigenvalue weighted by atomic mass is 10.1. The van der Waals surface area contributed by atoms with E-state index in [1.54, 1.807) is 16.9 Å². The van der Waals surface area contributed by atoms with Gasteiger partial charge in [0.05, 0.1) is 22.9 Å². The van der Waals surface area contributed by atoms with E-state index >= 15 is 0 Å². The van der Waals surface area contributed by atoms with E-state index in [1.807, 2.05) is 28.9 Å². The Labute approximate surface area is 178 Å². The number of hydrogen-bond acceptors (Lipinski definition) is 5. The number of amides is 1. The maximum Gasteiger partial charge on any atom is 0.289 e. The predicted molar refractivity (Wildman–Crippen MR) is 112 cm³/mol. The zero-order valence-corrected chi connectivity index (χ0v) is 18.5. The van der Waals surface area contributed by atoms with Crippen molar-refractivity contribution in [1.29, 1.82) is 0 Å². The summed E-state index contributed by atoms with van der Waals surface area (Å²) in [6, 6.07) is 3.60. The molecule has 0 bridgehead atoms. The number of halogens is 1. The molecule has 0 N–H and O–H groups in total. The van der Waals surface area contributed by atoms with E-state index < -0.39 is 0 Å². The Bertz CT molecular complexity index is 1010. The molecule has 4 rings (SSSR count). The second-order valence-corrected chi connectivity index (χ2v) is 8.38. The Morgan fingerprint density at radius 3 is 2.55 bits per heavy atom. The summed E-state index contributed by atoms with van der Waals surface area (Å²) in [7, 11) is 1.98. The molecule has 4 heterocycles. The Morgan fingerprint density at radius 1 is 1.17 bits per heavy atom. The average molecular weight is 461 g/mol. The van der Waals surface area contributed by atoms with Crippen LogP contribution in [0.5, 0.6) is 0 Å². The van der Waals surface area contributed by atoms with Crippen LogP contribution in [0.15, 0.2) is 33.4 Å². The molecule has 9 heteroatoms. The van der Waals surface area contributed by atoms with Gasteiger partial charge >= 0.3 is 0 Å². The van der Waals surface area contributed by atoms with Gasteiger partial charge in [-0.1, -0.05) is 0 Å². The van der Waals surface area contributed by atoms with Crippen LogP contribution in [0.1, 0.15) is 33.3 Å². The molecule has 0 saturated carbocycles. The first kappa shape index (κ1) is 19.9. The van der Waals surface area contributed by atoms with Crippen LogP contribution in [0.2, 0.25) is 0 Å². The highest BCUT2D eigenvalue weighted by atomic mass is 79.9. The van der Waals surface area contributed by atoms with Crippen LogP contribution in [0.4, 0.5) is 0 Å². The third kappa shape index (κ3) is 4.30. The van der Waals surface area contributed by atoms with Gasteiger partial charge in [-0.3, -0.25) is 19.1 Å². The van der Waals surface area contributed by atoms with Gasteiger partial charge in [0.1, 0.15) is 5.76 Å². The van der Waals surface area contributed by atoms with Gasteiger partial charge in [-0.25, -0.2) is 0 Å². The molecule has 0 unspecified atom stereocenters. The molecule has 154 valence electrons. The van der Waals surface area contributed by atoms with Crippen LogP contribution in [0.3, 0.4) is 0 Å². The molecule has 3 aromatic heterocycles. The average Bonchev–Trinajstić information content (AvgIpc) is 3.39. The number of rotatable bonds is 5. The summed E-state index contributed by atoms with van der Waals surface area (Å²) >= 11 is 3.38. The number of aromatic nitrogens is 4. The number of aryl methyl sites for hydroxylation is 2. The number of nitrogens with zero attached hydrogens (tertiary/aromatic N) is 6. The van der Waals surface area contributed by atoms with E-state index in [2.05, 4.69) is 44.9 Å². The van der Waals surface area contributed by atoms with Gasteiger partial charge in [0.15, 0.2) is 5.76 Å². The third-order valence-corrected chi connectivity index (χ3v) is 5.90. The number of hydrogen-bond donors (Lipinski definition) is 0. The third-order valence-electron chi connectivity index (χ3n) is 5.49. The monoisotopic (exact) mass is 460 g/mol. The number of carbonyl (C=O) groups excluding carboxylic acids is 1. The molecule has 1 saturated heterocycles. The van der Waals surface area contributed by atoms with Gasteiger partial charge in [0, 0.05) is 57.2 Å². The fraction of sp³-hybridized carbons (Fsp3) is 0.450. The molecule has 1 aliphatic heterocycles. The van der Waals surface area contributed by atoms with Crippen molar-refractivity contribution in [3.05, 3.63) is 57.5 Å². The van der Waals surface area contributed by atoms with E-state index in [0.29, 0.717) is 31.2 Å². The van der Waals surface area contributed by atoms with E-state index in [4.69, 9.17) is 4.42 Å². The summed E-state index contributed by atoms with van der Waals surface area (Å²) in [4.78, 5) is 17.1. The maximum atomic E-state index is 12.8. The quantitative estimate of drug-likeness (QED) is 0.584. The number of carbonyl (C=O) groups is 1. The molecule has 29 heavy (non-hydrogen) atoms. The highest BCUT2D eigenvalue weighted by Gasteiger charge is 2.25. The molecule has 0 spiro atoms. The van der Waals surface area contributed by atoms with Crippen molar-refractivity contribution in [3.8, 4) is 0 Å². The molecule has 1 fully saturated rings. The molecular formula is C20H25BrN6O2. The van der Waals surface area contributed by atoms with Gasteiger partial charge in [-0.15, -0.1) is 0 Å². The smallest absolute Gasteiger partial charge is 0.289 e. The van der Waals surface area contributed by atoms with Gasteiger partial charge < -0.3 is 9.32 Å². The molecular weight excluding hydrogens is 436 g/mol. The normalized spacial score (nSPS) is 15.2. The van der Waals surface area contributed by atoms with Crippen LogP contribution < -0.4 is 0 Å². The van der Waals surface area contributed by atoms with Crippen LogP contribution in [0, 0.1) is 13.8 Å². The lowest BCUT2D eigenvalue weighted by molar-refractivity contribution is 0.0595. The largest absolute Gasteiger partial charge is 0.454 e. The highest BCUT2D eigenvalue weighted by Crippen LogP contribution is 2.18. The van der Waals surface area contributed by atoms with Crippen molar-refractivity contribution in [1.82, 2.24) is 29.4 Å². The van der Waals surface area contributed by atoms with E-state index in [1.165, 1.54) is 11.3 Å². The first-order valence-corrected chi connectivity index (χ1v) is 10.5. The number of furan rings is 1. The predicted octanol–water partition coefficient (Wildman–Crippen LogP) is 2.60. The van der Waals surface area contributed by atoms with Crippen molar-refractivity contribution in [3.63, 3.8) is 0 Å². The van der Waals surface area contributed by atoms with Gasteiger partial charge in [-0.2, -0.15) is 10.2 Å². The van der Waals surface area contributed by atoms with E-state index in [0.717, 1.165) is 29.8 Å². The molecule has 3 aromatic rings. The highest BCUT2D eigenvalue weighted by molar-refractivity contribution is 9.10. The van der Waals surface area contributed by atoms with Crippen LogP contribution >= 0.6 is 15.9 Å². The van der Waals surface area contributed by atoms with Crippen molar-refractivity contribution < 1.29 is 9.21 Å². The molecule has 1 amide bonds. The van der Waals surface area contributed by atoms with Gasteiger partial charge in [-0.05, 0) is 41.9 Å². The van der Waals surface area contributed by atoms with Crippen molar-refractivity contribution in [2.24, 2.45) is 7.05 Å². The van der Waals surface area contributed by atoms with Crippen molar-refractivity contribution in [2.75, 3.05) is 26.2 Å². The molecule has 8 nitrogen and oxygen atoms in total. The standard InChI is InChI=1S/C20H25BrN6O2/c1-14-18(15(2)24(3)23-14)13-25-6-8-26(9-7-25)20(28)19-5-4-17(29-19)12-27-11-16(21)10-22-27/h4-5,10-11H,6-9,12-13H2,1-3H3. The van der Waals surface area contributed by atoms with Crippen LogP contribution in [0.25, 0.3) is 0 Å². The molecule has 0 atom stereocenters. The summed E-state index contributed by atoms with van der Waals surface area (Å²) in [5.41, 5.74) is 3.57. The summed E-state index contributed by atoms with van der Waals surface area (Å²) in [5.74, 6) is 1.05. The van der Waals surface area contributed by atoms with Crippen molar-refractivity contribution in [2.45, 2.75) is 26.9 Å². The van der Waals surface area contributed by atoms with E-state index in [-0.39, 0.29) is 5.91 Å². The van der Waals surface area contributed by atoms with Gasteiger partial charge in [0.2, 0.25) is 0 Å². The second-order valence-electron chi connectivity index (χ2n) is 7.46. The Morgan fingerprint density at radius 2 is 1.93 bits per heavy atom. The molecule has 0 radical (unpaired) electrons. The molecule has 0 aromatic carbocycles. The minimum absolute atomic E-state index is 0.0497. The molecule has 0 aliphatic carbocycles. The Hall–Kier alpha value is -2.39. The minimum Gasteiger partial charge on any atom is -0.454 e. The second kappa shape index (κ2) is 8.16. The first-order chi connectivity index (χ1) is 13.9. The zero-order chi connectivity index (χ0) is 20.5. The fourth-order valence-electron chi connectivity index (χ4n) is 3.70. The summed E-state index contributed by atoms with van der Waals surface area (Å²) in [6.07, 6.45) is 3.60. The lowest BCUT2D eigenvalue weighted by Gasteiger charge is -2.34. The topological polar surface area (TPSA) is 72.3 Å². The van der Waals surface area contributed by atoms with Crippen molar-refractivity contribution >= 4 is 21.8 Å².